The third-order valence-corrected chi connectivity index (χ3v) is 10.2. The van der Waals surface area contributed by atoms with Gasteiger partial charge in [-0.3, -0.25) is 4.79 Å². The van der Waals surface area contributed by atoms with Gasteiger partial charge in [0.15, 0.2) is 5.82 Å². The Bertz CT molecular complexity index is 1660. The standard InChI is InChI=1S/C30H37ClF3N7O4S/c1-4-5-22(19-16-28(2,3)36-17-19)37-23-8-6-20(18-35-23)46(43,44)40-27(42)21-7-9-24(38-26(21)31)41-14-10-25(39-41)45-15-13-29(11-12-29)30(32,33)34/h6-10,14,18-19,22,36H,4-5,11-13,15-17H2,1-3H3,(H,35,37)(H,40,42). The van der Waals surface area contributed by atoms with E-state index in [4.69, 9.17) is 16.3 Å². The van der Waals surface area contributed by atoms with Gasteiger partial charge in [-0.2, -0.15) is 13.2 Å². The number of pyridine rings is 2. The quantitative estimate of drug-likeness (QED) is 0.199. The first-order valence-electron chi connectivity index (χ1n) is 15.1. The number of carbonyl (C=O) groups excluding carboxylic acids is 1. The van der Waals surface area contributed by atoms with E-state index in [0.717, 1.165) is 25.8 Å². The smallest absolute Gasteiger partial charge is 0.394 e. The molecule has 11 nitrogen and oxygen atoms in total. The van der Waals surface area contributed by atoms with E-state index in [9.17, 15) is 26.4 Å². The minimum absolute atomic E-state index is 0.0580. The van der Waals surface area contributed by atoms with Crippen LogP contribution in [0.5, 0.6) is 5.88 Å². The molecule has 0 radical (unpaired) electrons. The maximum atomic E-state index is 13.1. The summed E-state index contributed by atoms with van der Waals surface area (Å²) < 4.78 is 74.0. The second kappa shape index (κ2) is 13.0. The summed E-state index contributed by atoms with van der Waals surface area (Å²) in [6.07, 6.45) is 1.35. The highest BCUT2D eigenvalue weighted by atomic mass is 35.5. The second-order valence-corrected chi connectivity index (χ2v) is 14.6. The average molecular weight is 684 g/mol. The van der Waals surface area contributed by atoms with Gasteiger partial charge < -0.3 is 15.4 Å². The Kier molecular flexibility index (Phi) is 9.58. The average Bonchev–Trinajstić information content (AvgIpc) is 3.49. The molecule has 1 saturated carbocycles. The molecule has 1 aliphatic carbocycles. The molecule has 250 valence electrons. The molecule has 1 saturated heterocycles. The molecule has 3 aromatic heterocycles. The van der Waals surface area contributed by atoms with Gasteiger partial charge in [-0.05, 0) is 76.1 Å². The van der Waals surface area contributed by atoms with Crippen LogP contribution >= 0.6 is 11.6 Å². The molecule has 2 atom stereocenters. The Hall–Kier alpha value is -3.43. The molecule has 2 fully saturated rings. The lowest BCUT2D eigenvalue weighted by atomic mass is 9.89. The predicted octanol–water partition coefficient (Wildman–Crippen LogP) is 5.51. The molecule has 3 aromatic rings. The maximum Gasteiger partial charge on any atom is 0.394 e. The molecule has 16 heteroatoms. The van der Waals surface area contributed by atoms with Gasteiger partial charge in [0.1, 0.15) is 15.9 Å². The molecule has 2 aliphatic rings. The number of rotatable bonds is 13. The van der Waals surface area contributed by atoms with Crippen molar-refractivity contribution in [2.75, 3.05) is 18.5 Å². The summed E-state index contributed by atoms with van der Waals surface area (Å²) in [6, 6.07) is 7.26. The molecule has 2 unspecified atom stereocenters. The lowest BCUT2D eigenvalue weighted by Crippen LogP contribution is -2.32. The van der Waals surface area contributed by atoms with Crippen molar-refractivity contribution in [3.05, 3.63) is 53.4 Å². The van der Waals surface area contributed by atoms with Gasteiger partial charge in [0, 0.05) is 36.6 Å². The largest absolute Gasteiger partial charge is 0.477 e. The normalized spacial score (nSPS) is 19.4. The Balaban J connectivity index is 1.18. The van der Waals surface area contributed by atoms with Gasteiger partial charge in [-0.1, -0.05) is 24.9 Å². The zero-order valence-corrected chi connectivity index (χ0v) is 27.3. The van der Waals surface area contributed by atoms with Crippen LogP contribution < -0.4 is 20.1 Å². The monoisotopic (exact) mass is 683 g/mol. The number of aromatic nitrogens is 4. The van der Waals surface area contributed by atoms with Crippen LogP contribution in [0.25, 0.3) is 5.82 Å². The van der Waals surface area contributed by atoms with Gasteiger partial charge in [-0.15, -0.1) is 5.10 Å². The number of alkyl halides is 3. The third-order valence-electron chi connectivity index (χ3n) is 8.55. The van der Waals surface area contributed by atoms with Crippen LogP contribution in [0, 0.1) is 11.3 Å². The van der Waals surface area contributed by atoms with Crippen molar-refractivity contribution in [2.45, 2.75) is 81.9 Å². The van der Waals surface area contributed by atoms with Crippen LogP contribution in [0.1, 0.15) is 69.7 Å². The van der Waals surface area contributed by atoms with Crippen molar-refractivity contribution in [3.8, 4) is 11.7 Å². The van der Waals surface area contributed by atoms with Crippen LogP contribution in [0.4, 0.5) is 19.0 Å². The summed E-state index contributed by atoms with van der Waals surface area (Å²) in [5, 5.41) is 10.8. The SMILES string of the molecule is CCCC(Nc1ccc(S(=O)(=O)NC(=O)c2ccc(-n3ccc(OCCC4(C(F)(F)F)CC4)n3)nc2Cl)cn1)C1CNC(C)(C)C1. The zero-order chi connectivity index (χ0) is 33.3. The molecule has 1 aliphatic heterocycles. The highest BCUT2D eigenvalue weighted by Gasteiger charge is 2.62. The minimum atomic E-state index is -4.28. The first-order valence-corrected chi connectivity index (χ1v) is 16.9. The van der Waals surface area contributed by atoms with Crippen LogP contribution in [-0.2, 0) is 10.0 Å². The highest BCUT2D eigenvalue weighted by molar-refractivity contribution is 7.90. The number of nitrogens with one attached hydrogen (secondary N) is 3. The molecule has 0 aromatic carbocycles. The first-order chi connectivity index (χ1) is 21.6. The zero-order valence-electron chi connectivity index (χ0n) is 25.7. The van der Waals surface area contributed by atoms with E-state index in [1.807, 2.05) is 4.72 Å². The van der Waals surface area contributed by atoms with E-state index in [-0.39, 0.29) is 64.8 Å². The van der Waals surface area contributed by atoms with E-state index in [0.29, 0.717) is 11.7 Å². The van der Waals surface area contributed by atoms with E-state index < -0.39 is 27.5 Å². The summed E-state index contributed by atoms with van der Waals surface area (Å²) in [4.78, 5) is 21.1. The predicted molar refractivity (Wildman–Crippen MR) is 166 cm³/mol. The third kappa shape index (κ3) is 7.74. The Morgan fingerprint density at radius 1 is 1.22 bits per heavy atom. The van der Waals surface area contributed by atoms with Gasteiger partial charge in [0.25, 0.3) is 15.9 Å². The van der Waals surface area contributed by atoms with Crippen molar-refractivity contribution in [3.63, 3.8) is 0 Å². The summed E-state index contributed by atoms with van der Waals surface area (Å²) in [5.74, 6) is 0.225. The highest BCUT2D eigenvalue weighted by Crippen LogP contribution is 2.59. The Morgan fingerprint density at radius 3 is 2.57 bits per heavy atom. The molecule has 0 bridgehead atoms. The number of halogens is 4. The van der Waals surface area contributed by atoms with E-state index in [1.165, 1.54) is 41.3 Å². The molecule has 4 heterocycles. The fourth-order valence-electron chi connectivity index (χ4n) is 5.69. The minimum Gasteiger partial charge on any atom is -0.477 e. The fourth-order valence-corrected chi connectivity index (χ4v) is 6.84. The van der Waals surface area contributed by atoms with Gasteiger partial charge >= 0.3 is 6.18 Å². The van der Waals surface area contributed by atoms with E-state index in [2.05, 4.69) is 46.5 Å². The molecule has 3 N–H and O–H groups in total. The van der Waals surface area contributed by atoms with Crippen molar-refractivity contribution in [2.24, 2.45) is 11.3 Å². The van der Waals surface area contributed by atoms with Crippen molar-refractivity contribution in [1.29, 1.82) is 0 Å². The summed E-state index contributed by atoms with van der Waals surface area (Å²) in [7, 11) is -4.28. The lowest BCUT2D eigenvalue weighted by molar-refractivity contribution is -0.190. The molecule has 5 rings (SSSR count). The van der Waals surface area contributed by atoms with E-state index in [1.54, 1.807) is 6.07 Å². The molecule has 0 spiro atoms. The molecular weight excluding hydrogens is 647 g/mol. The van der Waals surface area contributed by atoms with E-state index >= 15 is 0 Å². The number of nitrogens with zero attached hydrogens (tertiary/aromatic N) is 4. The number of sulfonamides is 1. The van der Waals surface area contributed by atoms with Crippen molar-refractivity contribution < 1.29 is 31.1 Å². The number of hydrogen-bond acceptors (Lipinski definition) is 9. The van der Waals surface area contributed by atoms with Crippen LogP contribution in [0.2, 0.25) is 5.15 Å². The Morgan fingerprint density at radius 2 is 1.98 bits per heavy atom. The molecule has 46 heavy (non-hydrogen) atoms. The molecule has 1 amide bonds. The first kappa shape index (κ1) is 33.9. The number of hydrogen-bond donors (Lipinski definition) is 3. The summed E-state index contributed by atoms with van der Waals surface area (Å²) in [5.41, 5.74) is -1.81. The number of ether oxygens (including phenoxy) is 1. The fraction of sp³-hybridized carbons (Fsp3) is 0.533. The van der Waals surface area contributed by atoms with Gasteiger partial charge in [-0.25, -0.2) is 27.8 Å². The Labute approximate surface area is 270 Å². The second-order valence-electron chi connectivity index (χ2n) is 12.6. The van der Waals surface area contributed by atoms with Crippen LogP contribution in [0.3, 0.4) is 0 Å². The lowest BCUT2D eigenvalue weighted by Gasteiger charge is -2.25. The topological polar surface area (TPSA) is 140 Å². The van der Waals surface area contributed by atoms with Crippen molar-refractivity contribution in [1.82, 2.24) is 29.8 Å². The van der Waals surface area contributed by atoms with Crippen molar-refractivity contribution >= 4 is 33.3 Å². The van der Waals surface area contributed by atoms with Crippen LogP contribution in [0.15, 0.2) is 47.6 Å². The summed E-state index contributed by atoms with van der Waals surface area (Å²) in [6.45, 7) is 7.19. The number of amides is 1. The number of carbonyl (C=O) groups is 1. The molecular formula is C30H37ClF3N7O4S. The van der Waals surface area contributed by atoms with Crippen LogP contribution in [-0.4, -0.2) is 65.0 Å². The van der Waals surface area contributed by atoms with Gasteiger partial charge in [0.2, 0.25) is 5.88 Å². The summed E-state index contributed by atoms with van der Waals surface area (Å²) >= 11 is 6.23. The maximum absolute atomic E-state index is 13.1. The van der Waals surface area contributed by atoms with Gasteiger partial charge in [0.05, 0.1) is 17.6 Å². The number of anilines is 1.